The molecule has 2 aliphatic heterocycles. The van der Waals surface area contributed by atoms with Crippen molar-refractivity contribution < 1.29 is 29.0 Å². The number of likely N-dealkylation sites (tertiary alicyclic amines) is 1. The van der Waals surface area contributed by atoms with Crippen LogP contribution in [-0.4, -0.2) is 78.4 Å². The van der Waals surface area contributed by atoms with E-state index in [1.54, 1.807) is 0 Å². The van der Waals surface area contributed by atoms with Crippen molar-refractivity contribution >= 4 is 18.0 Å². The first-order chi connectivity index (χ1) is 9.97. The third-order valence-electron chi connectivity index (χ3n) is 4.05. The van der Waals surface area contributed by atoms with Crippen LogP contribution in [0.15, 0.2) is 0 Å². The van der Waals surface area contributed by atoms with Crippen molar-refractivity contribution in [1.82, 2.24) is 9.80 Å². The molecule has 8 nitrogen and oxygen atoms in total. The lowest BCUT2D eigenvalue weighted by atomic mass is 10.0. The molecule has 2 fully saturated rings. The van der Waals surface area contributed by atoms with Crippen LogP contribution in [0.1, 0.15) is 13.3 Å². The zero-order valence-electron chi connectivity index (χ0n) is 12.2. The van der Waals surface area contributed by atoms with Gasteiger partial charge in [0.15, 0.2) is 6.04 Å². The fraction of sp³-hybridized carbons (Fsp3) is 0.769. The lowest BCUT2D eigenvalue weighted by Crippen LogP contribution is -2.58. The maximum absolute atomic E-state index is 12.6. The van der Waals surface area contributed by atoms with E-state index in [1.807, 2.05) is 6.92 Å². The summed E-state index contributed by atoms with van der Waals surface area (Å²) in [4.78, 5) is 38.4. The molecule has 3 atom stereocenters. The monoisotopic (exact) mass is 300 g/mol. The van der Waals surface area contributed by atoms with Crippen LogP contribution in [0, 0.1) is 5.92 Å². The summed E-state index contributed by atoms with van der Waals surface area (Å²) >= 11 is 0. The molecule has 2 amide bonds. The van der Waals surface area contributed by atoms with Crippen LogP contribution in [-0.2, 0) is 19.1 Å². The minimum Gasteiger partial charge on any atom is -0.480 e. The highest BCUT2D eigenvalue weighted by Gasteiger charge is 2.44. The summed E-state index contributed by atoms with van der Waals surface area (Å²) < 4.78 is 9.89. The quantitative estimate of drug-likeness (QED) is 0.708. The number of nitrogens with zero attached hydrogens (tertiary/aromatic N) is 2. The number of esters is 1. The van der Waals surface area contributed by atoms with E-state index in [9.17, 15) is 19.5 Å². The Morgan fingerprint density at radius 2 is 1.95 bits per heavy atom. The number of amides is 2. The van der Waals surface area contributed by atoms with Gasteiger partial charge in [-0.2, -0.15) is 0 Å². The van der Waals surface area contributed by atoms with Gasteiger partial charge in [0.2, 0.25) is 0 Å². The van der Waals surface area contributed by atoms with Gasteiger partial charge < -0.3 is 24.4 Å². The molecule has 0 saturated carbocycles. The molecule has 0 aromatic carbocycles. The van der Waals surface area contributed by atoms with Crippen molar-refractivity contribution in [2.24, 2.45) is 5.92 Å². The summed E-state index contributed by atoms with van der Waals surface area (Å²) in [5.41, 5.74) is 0. The van der Waals surface area contributed by atoms with E-state index in [0.29, 0.717) is 19.6 Å². The fourth-order valence-electron chi connectivity index (χ4n) is 2.87. The van der Waals surface area contributed by atoms with E-state index in [0.717, 1.165) is 0 Å². The maximum Gasteiger partial charge on any atom is 0.331 e. The second kappa shape index (κ2) is 6.30. The van der Waals surface area contributed by atoms with Gasteiger partial charge in [0.25, 0.3) is 0 Å². The molecule has 3 unspecified atom stereocenters. The third kappa shape index (κ3) is 2.94. The maximum atomic E-state index is 12.6. The van der Waals surface area contributed by atoms with Gasteiger partial charge in [0, 0.05) is 13.1 Å². The number of rotatable bonds is 2. The highest BCUT2D eigenvalue weighted by Crippen LogP contribution is 2.26. The van der Waals surface area contributed by atoms with Crippen molar-refractivity contribution in [2.45, 2.75) is 25.4 Å². The zero-order chi connectivity index (χ0) is 15.6. The molecule has 1 N–H and O–H groups in total. The molecule has 0 bridgehead atoms. The highest BCUT2D eigenvalue weighted by molar-refractivity contribution is 5.87. The largest absolute Gasteiger partial charge is 0.480 e. The average Bonchev–Trinajstić information content (AvgIpc) is 2.87. The van der Waals surface area contributed by atoms with E-state index < -0.39 is 30.1 Å². The molecular weight excluding hydrogens is 280 g/mol. The third-order valence-corrected chi connectivity index (χ3v) is 4.05. The molecule has 8 heteroatoms. The number of aliphatic carboxylic acids is 1. The average molecular weight is 300 g/mol. The molecule has 21 heavy (non-hydrogen) atoms. The normalized spacial score (nSPS) is 29.3. The first kappa shape index (κ1) is 15.6. The van der Waals surface area contributed by atoms with E-state index in [2.05, 4.69) is 4.74 Å². The summed E-state index contributed by atoms with van der Waals surface area (Å²) in [6.45, 7) is 2.82. The van der Waals surface area contributed by atoms with Gasteiger partial charge >= 0.3 is 18.0 Å². The van der Waals surface area contributed by atoms with E-state index >= 15 is 0 Å². The fourth-order valence-corrected chi connectivity index (χ4v) is 2.87. The van der Waals surface area contributed by atoms with Crippen molar-refractivity contribution in [3.63, 3.8) is 0 Å². The van der Waals surface area contributed by atoms with Crippen molar-refractivity contribution in [3.05, 3.63) is 0 Å². The van der Waals surface area contributed by atoms with Crippen molar-refractivity contribution in [1.29, 1.82) is 0 Å². The summed E-state index contributed by atoms with van der Waals surface area (Å²) in [6, 6.07) is -2.11. The molecule has 0 aliphatic carbocycles. The standard InChI is InChI=1S/C13H20N2O6/c1-8-3-4-15(10(8)11(16)17)13(19)14-5-6-21-7-9(14)12(18)20-2/h8-10H,3-7H2,1-2H3,(H,16,17). The Bertz CT molecular complexity index is 440. The number of morpholine rings is 1. The summed E-state index contributed by atoms with van der Waals surface area (Å²) in [5, 5.41) is 9.29. The first-order valence-corrected chi connectivity index (χ1v) is 6.93. The Labute approximate surface area is 122 Å². The zero-order valence-corrected chi connectivity index (χ0v) is 12.2. The number of carboxylic acids is 1. The highest BCUT2D eigenvalue weighted by atomic mass is 16.5. The van der Waals surface area contributed by atoms with Gasteiger partial charge in [-0.25, -0.2) is 14.4 Å². The summed E-state index contributed by atoms with van der Waals surface area (Å²) in [7, 11) is 1.25. The molecular formula is C13H20N2O6. The smallest absolute Gasteiger partial charge is 0.331 e. The van der Waals surface area contributed by atoms with E-state index in [-0.39, 0.29) is 19.1 Å². The summed E-state index contributed by atoms with van der Waals surface area (Å²) in [6.07, 6.45) is 0.635. The molecule has 118 valence electrons. The Hall–Kier alpha value is -1.83. The van der Waals surface area contributed by atoms with Crippen LogP contribution in [0.25, 0.3) is 0 Å². The summed E-state index contributed by atoms with van der Waals surface area (Å²) in [5.74, 6) is -1.68. The number of carbonyl (C=O) groups excluding carboxylic acids is 2. The minimum absolute atomic E-state index is 0.0690. The molecule has 2 rings (SSSR count). The molecule has 0 radical (unpaired) electrons. The molecule has 0 spiro atoms. The molecule has 0 aromatic rings. The molecule has 2 aliphatic rings. The number of urea groups is 1. The number of ether oxygens (including phenoxy) is 2. The van der Waals surface area contributed by atoms with Crippen LogP contribution in [0.5, 0.6) is 0 Å². The van der Waals surface area contributed by atoms with Gasteiger partial charge in [0.1, 0.15) is 6.04 Å². The SMILES string of the molecule is COC(=O)C1COCCN1C(=O)N1CCC(C)C1C(=O)O. The minimum atomic E-state index is -1.02. The second-order valence-electron chi connectivity index (χ2n) is 5.33. The van der Waals surface area contributed by atoms with Gasteiger partial charge in [-0.15, -0.1) is 0 Å². The first-order valence-electron chi connectivity index (χ1n) is 6.93. The molecule has 2 heterocycles. The second-order valence-corrected chi connectivity index (χ2v) is 5.33. The number of carbonyl (C=O) groups is 3. The Balaban J connectivity index is 2.17. The van der Waals surface area contributed by atoms with Crippen LogP contribution in [0.3, 0.4) is 0 Å². The molecule has 0 aromatic heterocycles. The van der Waals surface area contributed by atoms with Crippen LogP contribution in [0.4, 0.5) is 4.79 Å². The Morgan fingerprint density at radius 3 is 2.57 bits per heavy atom. The Kier molecular flexibility index (Phi) is 4.66. The van der Waals surface area contributed by atoms with Crippen molar-refractivity contribution in [3.8, 4) is 0 Å². The number of hydrogen-bond acceptors (Lipinski definition) is 5. The van der Waals surface area contributed by atoms with Gasteiger partial charge in [-0.3, -0.25) is 0 Å². The van der Waals surface area contributed by atoms with Crippen LogP contribution < -0.4 is 0 Å². The lowest BCUT2D eigenvalue weighted by Gasteiger charge is -2.37. The van der Waals surface area contributed by atoms with Gasteiger partial charge in [-0.1, -0.05) is 6.92 Å². The van der Waals surface area contributed by atoms with E-state index in [4.69, 9.17) is 4.74 Å². The van der Waals surface area contributed by atoms with Gasteiger partial charge in [-0.05, 0) is 12.3 Å². The van der Waals surface area contributed by atoms with Gasteiger partial charge in [0.05, 0.1) is 20.3 Å². The Morgan fingerprint density at radius 1 is 1.24 bits per heavy atom. The number of carboxylic acid groups (broad SMARTS) is 1. The topological polar surface area (TPSA) is 96.4 Å². The van der Waals surface area contributed by atoms with Crippen LogP contribution in [0.2, 0.25) is 0 Å². The van der Waals surface area contributed by atoms with E-state index in [1.165, 1.54) is 16.9 Å². The van der Waals surface area contributed by atoms with Crippen molar-refractivity contribution in [2.75, 3.05) is 33.4 Å². The number of methoxy groups -OCH3 is 1. The molecule has 2 saturated heterocycles. The van der Waals surface area contributed by atoms with Crippen LogP contribution >= 0.6 is 0 Å². The number of hydrogen-bond donors (Lipinski definition) is 1. The lowest BCUT2D eigenvalue weighted by molar-refractivity contribution is -0.151. The predicted octanol–water partition coefficient (Wildman–Crippen LogP) is -0.225. The predicted molar refractivity (Wildman–Crippen MR) is 70.6 cm³/mol.